The molecule has 1 aliphatic rings. The van der Waals surface area contributed by atoms with Gasteiger partial charge in [0.15, 0.2) is 0 Å². The zero-order valence-electron chi connectivity index (χ0n) is 62.2. The molecule has 0 saturated carbocycles. The fraction of sp³-hybridized carbons (Fsp3) is 0.946. The van der Waals surface area contributed by atoms with E-state index in [0.717, 1.165) is 0 Å². The summed E-state index contributed by atoms with van der Waals surface area (Å²) in [5, 5.41) is 13.1. The Labute approximate surface area is 682 Å². The van der Waals surface area contributed by atoms with Crippen LogP contribution in [0.2, 0.25) is 0 Å². The summed E-state index contributed by atoms with van der Waals surface area (Å²) in [6, 6.07) is -2.46. The molecule has 76 heteroatoms. The Morgan fingerprint density at radius 1 is 0.235 bits per heavy atom. The van der Waals surface area contributed by atoms with Crippen molar-refractivity contribution in [2.45, 2.75) is 300 Å². The second kappa shape index (κ2) is 34.0. The molecule has 0 atom stereocenters. The average Bonchev–Trinajstić information content (AvgIpc) is 0.705. The molecule has 1 saturated heterocycles. The van der Waals surface area contributed by atoms with E-state index in [1.807, 2.05) is 0 Å². The monoisotopic (exact) mass is 2120 g/mol. The van der Waals surface area contributed by atoms with Crippen molar-refractivity contribution in [2.24, 2.45) is 0 Å². The highest BCUT2D eigenvalue weighted by Crippen LogP contribution is 2.71. The van der Waals surface area contributed by atoms with Gasteiger partial charge in [-0.3, -0.25) is 0 Å². The summed E-state index contributed by atoms with van der Waals surface area (Å²) in [4.78, 5) is 5.94. The van der Waals surface area contributed by atoms with E-state index in [0.29, 0.717) is 27.7 Å². The summed E-state index contributed by atoms with van der Waals surface area (Å²) in [6.45, 7) is -9.31. The number of anilines is 2. The standard InChI is InChI=1S/C56H41F68N6O2/c1-23(2)17-19(18-24(3,4)130(23)131)132-22-126-20(128(13-5-9-25(57,58)29(65,66)33(73,74)37(81,82)41(89,90)45(97,98)49(105,106)53(113,114)115)14-6-10-26(59,60)30(67,68)34(75,76)38(83,84)42(91,92)46(99,100)50(107,108)54(116,117)118)125-21(127-22)129(15-7-11-27(61,62)31(69,70)35(77,78)39(85,86)43(93,94)47(101,102)51(109,110)55(119,120)121)16-8-12-28(63,64)32(71,72)36(79,80)40(87,88)44(95,96)48(103,104)52(111,112)56(122,123)124/h19H,5-18H2,1-4H3. The minimum absolute atomic E-state index is 0.0479. The molecule has 0 aromatic carbocycles. The number of aromatic nitrogens is 3. The van der Waals surface area contributed by atoms with Gasteiger partial charge < -0.3 is 14.5 Å². The predicted molar refractivity (Wildman–Crippen MR) is 288 cm³/mol. The van der Waals surface area contributed by atoms with Crippen LogP contribution in [0.25, 0.3) is 0 Å². The van der Waals surface area contributed by atoms with E-state index in [1.165, 1.54) is 0 Å². The molecule has 0 bridgehead atoms. The van der Waals surface area contributed by atoms with Crippen LogP contribution < -0.4 is 14.5 Å². The molecule has 2 heterocycles. The van der Waals surface area contributed by atoms with Gasteiger partial charge in [0.05, 0.1) is 0 Å². The van der Waals surface area contributed by atoms with Crippen LogP contribution >= 0.6 is 0 Å². The van der Waals surface area contributed by atoms with Gasteiger partial charge in [-0.15, -0.1) is 10.3 Å². The van der Waals surface area contributed by atoms with E-state index >= 15 is 70.2 Å². The first kappa shape index (κ1) is 122. The van der Waals surface area contributed by atoms with Crippen LogP contribution in [-0.4, -0.2) is 254 Å². The highest BCUT2D eigenvalue weighted by molar-refractivity contribution is 5.41. The first-order valence-corrected chi connectivity index (χ1v) is 32.9. The zero-order valence-corrected chi connectivity index (χ0v) is 62.2. The molecule has 0 amide bonds. The normalized spacial score (nSPS) is 17.9. The quantitative estimate of drug-likeness (QED) is 0.0603. The van der Waals surface area contributed by atoms with Gasteiger partial charge in [0.25, 0.3) is 0 Å². The molecule has 0 unspecified atom stereocenters. The topological polar surface area (TPSA) is 77.5 Å². The number of rotatable bonds is 44. The van der Waals surface area contributed by atoms with Crippen molar-refractivity contribution < 1.29 is 308 Å². The minimum Gasteiger partial charge on any atom is -0.460 e. The maximum atomic E-state index is 15.5. The summed E-state index contributed by atoms with van der Waals surface area (Å²) in [7, 11) is 0. The molecule has 2 rings (SSSR count). The summed E-state index contributed by atoms with van der Waals surface area (Å²) in [5.41, 5.74) is -4.47. The minimum atomic E-state index is -9.62. The Hall–Kier alpha value is -6.43. The fourth-order valence-electron chi connectivity index (χ4n) is 11.1. The van der Waals surface area contributed by atoms with Crippen molar-refractivity contribution in [3.8, 4) is 6.01 Å². The molecule has 1 aromatic rings. The maximum absolute atomic E-state index is 15.5. The lowest BCUT2D eigenvalue weighted by molar-refractivity contribution is -0.461. The Morgan fingerprint density at radius 3 is 0.515 bits per heavy atom. The molecule has 0 spiro atoms. The van der Waals surface area contributed by atoms with Crippen LogP contribution in [0.4, 0.5) is 310 Å². The third-order valence-electron chi connectivity index (χ3n) is 18.8. The highest BCUT2D eigenvalue weighted by Gasteiger charge is 3.00. The van der Waals surface area contributed by atoms with Crippen LogP contribution in [0.1, 0.15) is 91.9 Å². The molecule has 1 aliphatic heterocycles. The molecule has 8 nitrogen and oxygen atoms in total. The summed E-state index contributed by atoms with van der Waals surface area (Å²) in [6.07, 6.45) is -68.1. The van der Waals surface area contributed by atoms with E-state index < -0.39 is 326 Å². The molecule has 1 aromatic heterocycles. The van der Waals surface area contributed by atoms with Crippen LogP contribution in [-0.2, 0) is 5.21 Å². The number of hydrogen-bond acceptors (Lipinski definition) is 7. The molecule has 783 valence electrons. The number of ether oxygens (including phenoxy) is 1. The summed E-state index contributed by atoms with van der Waals surface area (Å²) < 4.78 is 974. The fourth-order valence-corrected chi connectivity index (χ4v) is 11.1. The van der Waals surface area contributed by atoms with E-state index in [-0.39, 0.29) is 5.06 Å². The Morgan fingerprint density at radius 2 is 0.371 bits per heavy atom. The van der Waals surface area contributed by atoms with Crippen molar-refractivity contribution >= 4 is 11.9 Å². The molecular weight excluding hydrogens is 2080 g/mol. The number of halogens is 68. The highest BCUT2D eigenvalue weighted by atomic mass is 19.5. The van der Waals surface area contributed by atoms with Crippen LogP contribution in [0.15, 0.2) is 0 Å². The lowest BCUT2D eigenvalue weighted by Crippen LogP contribution is -2.74. The first-order valence-electron chi connectivity index (χ1n) is 32.9. The van der Waals surface area contributed by atoms with Crippen molar-refractivity contribution in [2.75, 3.05) is 36.0 Å². The number of hydroxylamine groups is 2. The van der Waals surface area contributed by atoms with Gasteiger partial charge in [-0.2, -0.15) is 314 Å². The van der Waals surface area contributed by atoms with Gasteiger partial charge in [0.2, 0.25) is 11.9 Å². The summed E-state index contributed by atoms with van der Waals surface area (Å²) in [5.74, 6) is -261. The van der Waals surface area contributed by atoms with Gasteiger partial charge in [-0.05, 0) is 53.4 Å². The Balaban J connectivity index is 3.56. The lowest BCUT2D eigenvalue weighted by Gasteiger charge is -2.49. The van der Waals surface area contributed by atoms with Crippen LogP contribution in [0.3, 0.4) is 0 Å². The van der Waals surface area contributed by atoms with Gasteiger partial charge in [0.1, 0.15) is 6.10 Å². The number of alkyl halides is 68. The lowest BCUT2D eigenvalue weighted by atomic mass is 9.80. The van der Waals surface area contributed by atoms with Crippen molar-refractivity contribution in [1.82, 2.24) is 20.0 Å². The van der Waals surface area contributed by atoms with Gasteiger partial charge in [-0.1, -0.05) is 0 Å². The third-order valence-corrected chi connectivity index (χ3v) is 18.8. The molecule has 0 aliphatic carbocycles. The second-order valence-corrected chi connectivity index (χ2v) is 29.3. The van der Waals surface area contributed by atoms with E-state index in [2.05, 4.69) is 15.0 Å². The molecule has 1 radical (unpaired) electrons. The SMILES string of the molecule is CC1(C)CC(Oc2nc(N(CCCC(F)(F)C(F)(F)C(F)(F)C(F)(F)C(F)(F)C(F)(F)C(F)(F)C(F)(F)F)CCCC(F)(F)C(F)(F)C(F)(F)C(F)(F)C(F)(F)C(F)(F)C(F)(F)C(F)(F)F)nc(N(CCCC(F)(F)C(F)(F)C(F)(F)C(F)(F)C(F)(F)C(F)(F)C(F)(F)C(F)(F)F)CCCC(F)(F)C(F)(F)C(F)(F)C(F)(F)C(F)(F)C(F)(F)C(F)(F)C(F)(F)F)n2)CC(C)(C)N1[O]. The van der Waals surface area contributed by atoms with Gasteiger partial charge >= 0.3 is 197 Å². The average molecular weight is 2120 g/mol. The second-order valence-electron chi connectivity index (χ2n) is 29.3. The largest absolute Gasteiger partial charge is 0.460 e. The maximum Gasteiger partial charge on any atom is 0.460 e. The van der Waals surface area contributed by atoms with Crippen LogP contribution in [0.5, 0.6) is 6.01 Å². The van der Waals surface area contributed by atoms with Gasteiger partial charge in [0, 0.05) is 75.8 Å². The number of hydrogen-bond donors (Lipinski definition) is 0. The van der Waals surface area contributed by atoms with E-state index in [4.69, 9.17) is 4.74 Å². The third kappa shape index (κ3) is 18.2. The number of piperidine rings is 1. The van der Waals surface area contributed by atoms with Crippen molar-refractivity contribution in [3.05, 3.63) is 0 Å². The van der Waals surface area contributed by atoms with Crippen LogP contribution in [0, 0.1) is 0 Å². The molecular formula is C56H41F68N6O2. The first-order chi connectivity index (χ1) is 56.7. The Kier molecular flexibility index (Phi) is 31.3. The molecule has 132 heavy (non-hydrogen) atoms. The number of nitrogens with zero attached hydrogens (tertiary/aromatic N) is 6. The smallest absolute Gasteiger partial charge is 0.460 e. The van der Waals surface area contributed by atoms with Crippen molar-refractivity contribution in [3.63, 3.8) is 0 Å². The Bertz CT molecular complexity index is 3630. The zero-order chi connectivity index (χ0) is 107. The van der Waals surface area contributed by atoms with E-state index in [9.17, 15) is 234 Å². The van der Waals surface area contributed by atoms with Crippen molar-refractivity contribution in [1.29, 1.82) is 0 Å². The molecule has 0 N–H and O–H groups in total. The van der Waals surface area contributed by atoms with Gasteiger partial charge in [-0.25, -0.2) is 0 Å². The predicted octanol–water partition coefficient (Wildman–Crippen LogP) is 26.4. The van der Waals surface area contributed by atoms with E-state index in [1.54, 1.807) is 0 Å². The molecule has 1 fully saturated rings. The summed E-state index contributed by atoms with van der Waals surface area (Å²) >= 11 is 0.